The van der Waals surface area contributed by atoms with Crippen molar-refractivity contribution >= 4 is 10.4 Å². The van der Waals surface area contributed by atoms with E-state index in [0.29, 0.717) is 0 Å². The zero-order valence-corrected chi connectivity index (χ0v) is 27.1. The van der Waals surface area contributed by atoms with E-state index < -0.39 is 10.4 Å². The Morgan fingerprint density at radius 3 is 0.897 bits per heavy atom. The Kier molecular flexibility index (Phi) is 30.6. The van der Waals surface area contributed by atoms with Crippen molar-refractivity contribution in [3.05, 3.63) is 0 Å². The minimum atomic E-state index is -4.56. The quantitative estimate of drug-likeness (QED) is 0.0364. The monoisotopic (exact) mass is 576 g/mol. The molecule has 236 valence electrons. The van der Waals surface area contributed by atoms with E-state index >= 15 is 0 Å². The molecule has 0 bridgehead atoms. The van der Waals surface area contributed by atoms with Gasteiger partial charge in [-0.3, -0.25) is 4.55 Å². The second-order valence-electron chi connectivity index (χ2n) is 12.0. The van der Waals surface area contributed by atoms with Gasteiger partial charge in [0.05, 0.1) is 6.10 Å². The average molecular weight is 577 g/mol. The van der Waals surface area contributed by atoms with Crippen LogP contribution in [0.5, 0.6) is 0 Å². The van der Waals surface area contributed by atoms with Crippen molar-refractivity contribution in [1.82, 2.24) is 0 Å². The fourth-order valence-electron chi connectivity index (χ4n) is 5.48. The van der Waals surface area contributed by atoms with Crippen LogP contribution >= 0.6 is 0 Å². The van der Waals surface area contributed by atoms with Crippen LogP contribution in [0.25, 0.3) is 0 Å². The van der Waals surface area contributed by atoms with Gasteiger partial charge in [-0.25, -0.2) is 4.89 Å². The molecule has 0 aliphatic rings. The molecule has 0 fully saturated rings. The van der Waals surface area contributed by atoms with Crippen molar-refractivity contribution in [2.45, 2.75) is 213 Å². The van der Waals surface area contributed by atoms with Crippen LogP contribution in [0.3, 0.4) is 0 Å². The van der Waals surface area contributed by atoms with E-state index in [1.54, 1.807) is 0 Å². The molecule has 39 heavy (non-hydrogen) atoms. The molecule has 0 aromatic carbocycles. The Morgan fingerprint density at radius 2 is 0.667 bits per heavy atom. The Morgan fingerprint density at radius 1 is 0.436 bits per heavy atom. The standard InChI is InChI=1S/C33H68O5S/c1-3-5-7-9-11-13-15-17-19-21-23-25-27-29-31-33(37-38-39(34,35)36)32-30-28-26-24-22-20-18-16-14-12-10-8-6-4-2/h33H,3-32H2,1-2H3,(H,34,35,36). The van der Waals surface area contributed by atoms with E-state index in [9.17, 15) is 8.42 Å². The van der Waals surface area contributed by atoms with Crippen molar-refractivity contribution < 1.29 is 22.2 Å². The lowest BCUT2D eigenvalue weighted by atomic mass is 10.0. The van der Waals surface area contributed by atoms with Gasteiger partial charge in [-0.05, 0) is 12.8 Å². The summed E-state index contributed by atoms with van der Waals surface area (Å²) in [5.41, 5.74) is 0. The maximum absolute atomic E-state index is 10.9. The van der Waals surface area contributed by atoms with Crippen LogP contribution in [0.15, 0.2) is 0 Å². The molecule has 0 rings (SSSR count). The summed E-state index contributed by atoms with van der Waals surface area (Å²) < 4.78 is 35.0. The Balaban J connectivity index is 3.69. The summed E-state index contributed by atoms with van der Waals surface area (Å²) in [5.74, 6) is 0. The third-order valence-electron chi connectivity index (χ3n) is 8.02. The van der Waals surface area contributed by atoms with Gasteiger partial charge in [0.2, 0.25) is 0 Å². The number of hydrogen-bond donors (Lipinski definition) is 1. The third-order valence-corrected chi connectivity index (χ3v) is 8.27. The first-order valence-electron chi connectivity index (χ1n) is 17.3. The van der Waals surface area contributed by atoms with E-state index in [0.717, 1.165) is 38.5 Å². The average Bonchev–Trinajstić information content (AvgIpc) is 2.91. The summed E-state index contributed by atoms with van der Waals surface area (Å²) in [6, 6.07) is 0. The number of hydrogen-bond acceptors (Lipinski definition) is 4. The first kappa shape index (κ1) is 38.8. The van der Waals surface area contributed by atoms with Gasteiger partial charge in [-0.1, -0.05) is 198 Å². The van der Waals surface area contributed by atoms with Crippen LogP contribution in [-0.4, -0.2) is 19.1 Å². The molecule has 0 aromatic heterocycles. The lowest BCUT2D eigenvalue weighted by Gasteiger charge is -2.15. The van der Waals surface area contributed by atoms with Crippen molar-refractivity contribution in [3.8, 4) is 0 Å². The molecule has 0 heterocycles. The van der Waals surface area contributed by atoms with Crippen molar-refractivity contribution in [1.29, 1.82) is 0 Å². The second kappa shape index (κ2) is 30.8. The first-order valence-corrected chi connectivity index (χ1v) is 18.7. The fourth-order valence-corrected chi connectivity index (χ4v) is 5.69. The predicted octanol–water partition coefficient (Wildman–Crippen LogP) is 11.8. The minimum Gasteiger partial charge on any atom is -0.262 e. The van der Waals surface area contributed by atoms with Crippen LogP contribution < -0.4 is 0 Å². The Labute approximate surface area is 244 Å². The van der Waals surface area contributed by atoms with E-state index in [1.165, 1.54) is 154 Å². The molecule has 0 aromatic rings. The van der Waals surface area contributed by atoms with E-state index in [2.05, 4.69) is 18.2 Å². The highest BCUT2D eigenvalue weighted by Crippen LogP contribution is 2.19. The van der Waals surface area contributed by atoms with Crippen molar-refractivity contribution in [2.24, 2.45) is 0 Å². The molecule has 0 radical (unpaired) electrons. The lowest BCUT2D eigenvalue weighted by Crippen LogP contribution is -2.16. The number of rotatable bonds is 33. The zero-order chi connectivity index (χ0) is 28.7. The normalized spacial score (nSPS) is 12.1. The molecule has 0 spiro atoms. The van der Waals surface area contributed by atoms with Crippen LogP contribution in [0.1, 0.15) is 206 Å². The van der Waals surface area contributed by atoms with Gasteiger partial charge in [-0.15, -0.1) is 0 Å². The van der Waals surface area contributed by atoms with Gasteiger partial charge in [0.15, 0.2) is 0 Å². The molecule has 0 atom stereocenters. The molecule has 1 N–H and O–H groups in total. The molecule has 0 aliphatic heterocycles. The molecular formula is C33H68O5S. The van der Waals surface area contributed by atoms with Crippen LogP contribution in [0.4, 0.5) is 0 Å². The van der Waals surface area contributed by atoms with Crippen LogP contribution in [0, 0.1) is 0 Å². The summed E-state index contributed by atoms with van der Waals surface area (Å²) in [4.78, 5) is 5.10. The Hall–Kier alpha value is -0.170. The highest BCUT2D eigenvalue weighted by atomic mass is 32.3. The smallest absolute Gasteiger partial charge is 0.262 e. The maximum Gasteiger partial charge on any atom is 0.424 e. The molecule has 6 heteroatoms. The van der Waals surface area contributed by atoms with Gasteiger partial charge in [0.1, 0.15) is 0 Å². The second-order valence-corrected chi connectivity index (χ2v) is 13.0. The zero-order valence-electron chi connectivity index (χ0n) is 26.3. The van der Waals surface area contributed by atoms with Crippen LogP contribution in [0.2, 0.25) is 0 Å². The molecular weight excluding hydrogens is 508 g/mol. The summed E-state index contributed by atoms with van der Waals surface area (Å²) in [6.07, 6.45) is 38.1. The van der Waals surface area contributed by atoms with E-state index in [4.69, 9.17) is 9.44 Å². The Bertz CT molecular complexity index is 534. The summed E-state index contributed by atoms with van der Waals surface area (Å²) in [7, 11) is -4.56. The predicted molar refractivity (Wildman–Crippen MR) is 167 cm³/mol. The maximum atomic E-state index is 10.9. The topological polar surface area (TPSA) is 72.8 Å². The van der Waals surface area contributed by atoms with E-state index in [-0.39, 0.29) is 6.10 Å². The lowest BCUT2D eigenvalue weighted by molar-refractivity contribution is -0.249. The number of unbranched alkanes of at least 4 members (excludes halogenated alkanes) is 26. The molecule has 0 saturated carbocycles. The summed E-state index contributed by atoms with van der Waals surface area (Å²) >= 11 is 0. The van der Waals surface area contributed by atoms with Gasteiger partial charge >= 0.3 is 10.4 Å². The third kappa shape index (κ3) is 33.9. The van der Waals surface area contributed by atoms with Crippen molar-refractivity contribution in [3.63, 3.8) is 0 Å². The highest BCUT2D eigenvalue weighted by molar-refractivity contribution is 7.80. The SMILES string of the molecule is CCCCCCCCCCCCCCCCC(CCCCCCCCCCCCCCCC)OOS(=O)(=O)O. The van der Waals surface area contributed by atoms with E-state index in [1.807, 2.05) is 0 Å². The summed E-state index contributed by atoms with van der Waals surface area (Å²) in [6.45, 7) is 4.54. The van der Waals surface area contributed by atoms with Crippen LogP contribution in [-0.2, 0) is 19.6 Å². The molecule has 5 nitrogen and oxygen atoms in total. The molecule has 0 aliphatic carbocycles. The molecule has 0 unspecified atom stereocenters. The fraction of sp³-hybridized carbons (Fsp3) is 1.00. The van der Waals surface area contributed by atoms with Crippen molar-refractivity contribution in [2.75, 3.05) is 0 Å². The largest absolute Gasteiger partial charge is 0.424 e. The first-order chi connectivity index (χ1) is 19.0. The van der Waals surface area contributed by atoms with Gasteiger partial charge in [0, 0.05) is 0 Å². The minimum absolute atomic E-state index is 0.262. The highest BCUT2D eigenvalue weighted by Gasteiger charge is 2.15. The van der Waals surface area contributed by atoms with Gasteiger partial charge in [-0.2, -0.15) is 8.42 Å². The van der Waals surface area contributed by atoms with Gasteiger partial charge in [0.25, 0.3) is 0 Å². The summed E-state index contributed by atoms with van der Waals surface area (Å²) in [5, 5.41) is 0. The molecule has 0 amide bonds. The van der Waals surface area contributed by atoms with Gasteiger partial charge < -0.3 is 0 Å². The molecule has 0 saturated heterocycles.